The number of hydrogen-bond acceptors (Lipinski definition) is 3. The van der Waals surface area contributed by atoms with Gasteiger partial charge in [0, 0.05) is 13.1 Å². The van der Waals surface area contributed by atoms with Crippen molar-refractivity contribution < 1.29 is 4.92 Å². The summed E-state index contributed by atoms with van der Waals surface area (Å²) in [5, 5.41) is 11.5. The van der Waals surface area contributed by atoms with Crippen molar-refractivity contribution in [1.82, 2.24) is 0 Å². The zero-order chi connectivity index (χ0) is 16.0. The van der Waals surface area contributed by atoms with E-state index < -0.39 is 0 Å². The van der Waals surface area contributed by atoms with Crippen molar-refractivity contribution in [1.29, 1.82) is 0 Å². The number of para-hydroxylation sites is 1. The summed E-state index contributed by atoms with van der Waals surface area (Å²) in [6, 6.07) is 5.15. The number of halogens is 1. The van der Waals surface area contributed by atoms with Gasteiger partial charge in [0.1, 0.15) is 10.7 Å². The van der Waals surface area contributed by atoms with Crippen LogP contribution >= 0.6 is 11.6 Å². The fourth-order valence-electron chi connectivity index (χ4n) is 2.12. The zero-order valence-electron chi connectivity index (χ0n) is 13.3. The van der Waals surface area contributed by atoms with Crippen LogP contribution in [0.2, 0.25) is 5.02 Å². The zero-order valence-corrected chi connectivity index (χ0v) is 14.1. The van der Waals surface area contributed by atoms with Crippen LogP contribution in [0.3, 0.4) is 0 Å². The molecule has 0 aliphatic rings. The van der Waals surface area contributed by atoms with Crippen molar-refractivity contribution in [3.63, 3.8) is 0 Å². The van der Waals surface area contributed by atoms with Gasteiger partial charge in [-0.2, -0.15) is 0 Å². The van der Waals surface area contributed by atoms with Gasteiger partial charge in [0.05, 0.1) is 4.92 Å². The van der Waals surface area contributed by atoms with E-state index in [-0.39, 0.29) is 15.6 Å². The Balaban J connectivity index is 3.06. The Morgan fingerprint density at radius 2 is 1.67 bits per heavy atom. The number of nitro groups is 1. The summed E-state index contributed by atoms with van der Waals surface area (Å²) in [7, 11) is 0. The van der Waals surface area contributed by atoms with Gasteiger partial charge in [0.25, 0.3) is 0 Å². The minimum Gasteiger partial charge on any atom is -0.366 e. The van der Waals surface area contributed by atoms with E-state index in [2.05, 4.69) is 32.6 Å². The third-order valence-corrected chi connectivity index (χ3v) is 3.75. The lowest BCUT2D eigenvalue weighted by Gasteiger charge is -2.26. The van der Waals surface area contributed by atoms with Gasteiger partial charge in [0.2, 0.25) is 0 Å². The van der Waals surface area contributed by atoms with Crippen LogP contribution in [0, 0.1) is 22.0 Å². The molecule has 0 heterocycles. The predicted octanol–water partition coefficient (Wildman–Crippen LogP) is 5.15. The lowest BCUT2D eigenvalue weighted by Crippen LogP contribution is -2.28. The molecule has 0 aliphatic carbocycles. The SMILES string of the molecule is CC(C)CCN(CCC(C)C)c1cccc(Cl)c1[N+](=O)[O-]. The lowest BCUT2D eigenvalue weighted by molar-refractivity contribution is -0.384. The number of hydrogen-bond donors (Lipinski definition) is 0. The molecule has 0 saturated heterocycles. The molecule has 1 aromatic carbocycles. The van der Waals surface area contributed by atoms with E-state index in [1.165, 1.54) is 0 Å². The molecule has 0 fully saturated rings. The Hall–Kier alpha value is -1.29. The van der Waals surface area contributed by atoms with E-state index in [4.69, 9.17) is 11.6 Å². The van der Waals surface area contributed by atoms with E-state index in [9.17, 15) is 10.1 Å². The Morgan fingerprint density at radius 3 is 2.10 bits per heavy atom. The minimum absolute atomic E-state index is 0.0201. The molecule has 0 bridgehead atoms. The highest BCUT2D eigenvalue weighted by molar-refractivity contribution is 6.33. The number of rotatable bonds is 8. The second-order valence-corrected chi connectivity index (χ2v) is 6.62. The molecule has 0 radical (unpaired) electrons. The molecule has 0 N–H and O–H groups in total. The van der Waals surface area contributed by atoms with Crippen molar-refractivity contribution in [2.75, 3.05) is 18.0 Å². The van der Waals surface area contributed by atoms with E-state index in [0.717, 1.165) is 25.9 Å². The lowest BCUT2D eigenvalue weighted by atomic mass is 10.1. The quantitative estimate of drug-likeness (QED) is 0.493. The maximum Gasteiger partial charge on any atom is 0.310 e. The maximum atomic E-state index is 11.3. The highest BCUT2D eigenvalue weighted by atomic mass is 35.5. The fraction of sp³-hybridized carbons (Fsp3) is 0.625. The molecule has 0 aromatic heterocycles. The molecule has 1 aromatic rings. The Morgan fingerprint density at radius 1 is 1.14 bits per heavy atom. The molecule has 0 saturated carbocycles. The number of nitro benzene ring substituents is 1. The van der Waals surface area contributed by atoms with Crippen LogP contribution in [0.15, 0.2) is 18.2 Å². The number of nitrogens with zero attached hydrogens (tertiary/aromatic N) is 2. The summed E-state index contributed by atoms with van der Waals surface area (Å²) >= 11 is 6.03. The Labute approximate surface area is 132 Å². The monoisotopic (exact) mass is 312 g/mol. The predicted molar refractivity (Wildman–Crippen MR) is 89.2 cm³/mol. The summed E-state index contributed by atoms with van der Waals surface area (Å²) < 4.78 is 0. The summed E-state index contributed by atoms with van der Waals surface area (Å²) in [5.41, 5.74) is 0.653. The highest BCUT2D eigenvalue weighted by Crippen LogP contribution is 2.35. The molecule has 5 heteroatoms. The first kappa shape index (κ1) is 17.8. The highest BCUT2D eigenvalue weighted by Gasteiger charge is 2.23. The Bertz CT molecular complexity index is 463. The largest absolute Gasteiger partial charge is 0.366 e. The smallest absolute Gasteiger partial charge is 0.310 e. The van der Waals surface area contributed by atoms with Gasteiger partial charge in [-0.1, -0.05) is 45.4 Å². The van der Waals surface area contributed by atoms with E-state index in [1.807, 2.05) is 0 Å². The first-order valence-electron chi connectivity index (χ1n) is 7.50. The molecular weight excluding hydrogens is 288 g/mol. The molecule has 0 unspecified atom stereocenters. The molecule has 21 heavy (non-hydrogen) atoms. The number of benzene rings is 1. The standard InChI is InChI=1S/C16H25ClN2O2/c1-12(2)8-10-18(11-9-13(3)4)15-7-5-6-14(17)16(15)19(20)21/h5-7,12-13H,8-11H2,1-4H3. The fourth-order valence-corrected chi connectivity index (χ4v) is 2.36. The first-order chi connectivity index (χ1) is 9.82. The van der Waals surface area contributed by atoms with Crippen molar-refractivity contribution in [2.45, 2.75) is 40.5 Å². The van der Waals surface area contributed by atoms with Crippen LogP contribution in [0.1, 0.15) is 40.5 Å². The molecule has 4 nitrogen and oxygen atoms in total. The first-order valence-corrected chi connectivity index (χ1v) is 7.88. The third kappa shape index (κ3) is 5.54. The van der Waals surface area contributed by atoms with Crippen LogP contribution in [0.25, 0.3) is 0 Å². The van der Waals surface area contributed by atoms with E-state index in [0.29, 0.717) is 17.5 Å². The Kier molecular flexibility index (Phi) is 6.96. The average molecular weight is 313 g/mol. The van der Waals surface area contributed by atoms with E-state index in [1.54, 1.807) is 18.2 Å². The van der Waals surface area contributed by atoms with Gasteiger partial charge < -0.3 is 4.90 Å². The maximum absolute atomic E-state index is 11.3. The molecule has 118 valence electrons. The van der Waals surface area contributed by atoms with Crippen molar-refractivity contribution in [2.24, 2.45) is 11.8 Å². The second-order valence-electron chi connectivity index (χ2n) is 6.22. The second kappa shape index (κ2) is 8.23. The van der Waals surface area contributed by atoms with Crippen LogP contribution < -0.4 is 4.90 Å². The summed E-state index contributed by atoms with van der Waals surface area (Å²) in [6.45, 7) is 10.3. The molecule has 0 amide bonds. The number of anilines is 1. The van der Waals surface area contributed by atoms with Crippen LogP contribution in [-0.4, -0.2) is 18.0 Å². The average Bonchev–Trinajstić information content (AvgIpc) is 2.37. The van der Waals surface area contributed by atoms with Crippen LogP contribution in [-0.2, 0) is 0 Å². The van der Waals surface area contributed by atoms with Crippen molar-refractivity contribution >= 4 is 23.0 Å². The summed E-state index contributed by atoms with van der Waals surface area (Å²) in [5.74, 6) is 1.12. The minimum atomic E-state index is -0.380. The molecule has 0 aliphatic heterocycles. The van der Waals surface area contributed by atoms with Gasteiger partial charge in [-0.05, 0) is 36.8 Å². The molecule has 1 rings (SSSR count). The summed E-state index contributed by atoms with van der Waals surface area (Å²) in [4.78, 5) is 13.0. The topological polar surface area (TPSA) is 46.4 Å². The van der Waals surface area contributed by atoms with Gasteiger partial charge in [-0.25, -0.2) is 0 Å². The van der Waals surface area contributed by atoms with Crippen LogP contribution in [0.5, 0.6) is 0 Å². The van der Waals surface area contributed by atoms with Gasteiger partial charge in [-0.3, -0.25) is 10.1 Å². The van der Waals surface area contributed by atoms with Gasteiger partial charge >= 0.3 is 5.69 Å². The van der Waals surface area contributed by atoms with Gasteiger partial charge in [0.15, 0.2) is 0 Å². The molecule has 0 spiro atoms. The molecule has 0 atom stereocenters. The third-order valence-electron chi connectivity index (χ3n) is 3.44. The molecular formula is C16H25ClN2O2. The summed E-state index contributed by atoms with van der Waals surface area (Å²) in [6.07, 6.45) is 2.00. The van der Waals surface area contributed by atoms with Crippen molar-refractivity contribution in [3.05, 3.63) is 33.3 Å². The van der Waals surface area contributed by atoms with E-state index >= 15 is 0 Å². The van der Waals surface area contributed by atoms with Gasteiger partial charge in [-0.15, -0.1) is 0 Å². The van der Waals surface area contributed by atoms with Crippen LogP contribution in [0.4, 0.5) is 11.4 Å². The normalized spacial score (nSPS) is 11.2. The van der Waals surface area contributed by atoms with Crippen molar-refractivity contribution in [3.8, 4) is 0 Å².